The molecule has 0 spiro atoms. The number of rotatable bonds is 4. The third kappa shape index (κ3) is 3.13. The second-order valence-corrected chi connectivity index (χ2v) is 5.81. The molecule has 0 aliphatic heterocycles. The number of ether oxygens (including phenoxy) is 1. The molecule has 1 aromatic carbocycles. The maximum Gasteiger partial charge on any atom is 0.220 e. The number of benzene rings is 1. The molecule has 0 aliphatic rings. The monoisotopic (exact) mass is 367 g/mol. The fraction of sp³-hybridized carbons (Fsp3) is 0.111. The number of aromatic nitrogens is 2. The molecule has 0 saturated heterocycles. The quantitative estimate of drug-likeness (QED) is 0.674. The van der Waals surface area contributed by atoms with Crippen LogP contribution in [-0.2, 0) is 0 Å². The molecule has 0 bridgehead atoms. The van der Waals surface area contributed by atoms with Crippen LogP contribution in [0.3, 0.4) is 0 Å². The first-order valence-electron chi connectivity index (χ1n) is 7.19. The van der Waals surface area contributed by atoms with Gasteiger partial charge in [-0.05, 0) is 43.3 Å². The molecule has 0 fully saturated rings. The van der Waals surface area contributed by atoms with E-state index in [1.165, 1.54) is 0 Å². The Hall–Kier alpha value is -2.58. The standard InChI is InChI=1S/C18H14BrN3O/c1-2-23-18-12(4-3-7-21-18)8-13(10-20)16-11-22-17-6-5-14(19)9-15(16)17/h3-9,11,22H,2H2,1H3/b13-8+. The fourth-order valence-electron chi connectivity index (χ4n) is 2.41. The highest BCUT2D eigenvalue weighted by Gasteiger charge is 2.11. The summed E-state index contributed by atoms with van der Waals surface area (Å²) in [5, 5.41) is 10.6. The van der Waals surface area contributed by atoms with Gasteiger partial charge in [0.05, 0.1) is 18.2 Å². The number of H-pyrrole nitrogens is 1. The number of pyridine rings is 1. The Morgan fingerprint density at radius 2 is 2.30 bits per heavy atom. The van der Waals surface area contributed by atoms with Gasteiger partial charge in [0.2, 0.25) is 5.88 Å². The Bertz CT molecular complexity index is 921. The summed E-state index contributed by atoms with van der Waals surface area (Å²) >= 11 is 3.48. The SMILES string of the molecule is CCOc1ncccc1/C=C(\C#N)c1c[nH]c2ccc(Br)cc12. The van der Waals surface area contributed by atoms with Gasteiger partial charge in [-0.1, -0.05) is 15.9 Å². The third-order valence-electron chi connectivity index (χ3n) is 3.44. The largest absolute Gasteiger partial charge is 0.478 e. The normalized spacial score (nSPS) is 11.4. The molecule has 0 atom stereocenters. The number of aromatic amines is 1. The third-order valence-corrected chi connectivity index (χ3v) is 3.93. The van der Waals surface area contributed by atoms with Crippen LogP contribution in [0.25, 0.3) is 22.6 Å². The van der Waals surface area contributed by atoms with Crippen molar-refractivity contribution in [1.29, 1.82) is 5.26 Å². The van der Waals surface area contributed by atoms with Crippen LogP contribution in [0.15, 0.2) is 47.2 Å². The van der Waals surface area contributed by atoms with E-state index in [1.54, 1.807) is 6.20 Å². The summed E-state index contributed by atoms with van der Waals surface area (Å²) in [5.74, 6) is 0.531. The molecule has 0 aliphatic carbocycles. The first-order chi connectivity index (χ1) is 11.2. The number of halogens is 1. The van der Waals surface area contributed by atoms with E-state index >= 15 is 0 Å². The molecule has 0 unspecified atom stereocenters. The van der Waals surface area contributed by atoms with Gasteiger partial charge >= 0.3 is 0 Å². The van der Waals surface area contributed by atoms with Crippen LogP contribution >= 0.6 is 15.9 Å². The van der Waals surface area contributed by atoms with Crippen LogP contribution in [0, 0.1) is 11.3 Å². The van der Waals surface area contributed by atoms with Crippen LogP contribution in [0.2, 0.25) is 0 Å². The molecule has 23 heavy (non-hydrogen) atoms. The molecular formula is C18H14BrN3O. The fourth-order valence-corrected chi connectivity index (χ4v) is 2.77. The lowest BCUT2D eigenvalue weighted by atomic mass is 10.0. The minimum atomic E-state index is 0.528. The zero-order valence-electron chi connectivity index (χ0n) is 12.5. The number of nitrogens with zero attached hydrogens (tertiary/aromatic N) is 2. The average Bonchev–Trinajstić information content (AvgIpc) is 2.97. The van der Waals surface area contributed by atoms with Crippen molar-refractivity contribution < 1.29 is 4.74 Å². The van der Waals surface area contributed by atoms with Crippen LogP contribution in [-0.4, -0.2) is 16.6 Å². The average molecular weight is 368 g/mol. The predicted molar refractivity (Wildman–Crippen MR) is 94.9 cm³/mol. The number of hydrogen-bond acceptors (Lipinski definition) is 3. The smallest absolute Gasteiger partial charge is 0.220 e. The van der Waals surface area contributed by atoms with Gasteiger partial charge in [-0.3, -0.25) is 0 Å². The summed E-state index contributed by atoms with van der Waals surface area (Å²) in [6.45, 7) is 2.43. The van der Waals surface area contributed by atoms with Crippen molar-refractivity contribution in [1.82, 2.24) is 9.97 Å². The molecule has 3 aromatic rings. The zero-order valence-corrected chi connectivity index (χ0v) is 14.1. The van der Waals surface area contributed by atoms with Crippen LogP contribution in [0.5, 0.6) is 5.88 Å². The van der Waals surface area contributed by atoms with E-state index in [4.69, 9.17) is 4.74 Å². The molecule has 2 aromatic heterocycles. The van der Waals surface area contributed by atoms with E-state index in [1.807, 2.05) is 49.5 Å². The Labute approximate surface area is 142 Å². The summed E-state index contributed by atoms with van der Waals surface area (Å²) in [6, 6.07) is 11.9. The van der Waals surface area contributed by atoms with E-state index in [2.05, 4.69) is 32.0 Å². The minimum Gasteiger partial charge on any atom is -0.478 e. The zero-order chi connectivity index (χ0) is 16.2. The number of allylic oxidation sites excluding steroid dienone is 1. The summed E-state index contributed by atoms with van der Waals surface area (Å²) in [5.41, 5.74) is 3.19. The topological polar surface area (TPSA) is 61.7 Å². The Kier molecular flexibility index (Phi) is 4.45. The number of nitriles is 1. The van der Waals surface area contributed by atoms with E-state index in [9.17, 15) is 5.26 Å². The second kappa shape index (κ2) is 6.67. The lowest BCUT2D eigenvalue weighted by Gasteiger charge is -2.05. The molecule has 0 amide bonds. The summed E-state index contributed by atoms with van der Waals surface area (Å²) in [4.78, 5) is 7.42. The van der Waals surface area contributed by atoms with E-state index in [0.29, 0.717) is 18.1 Å². The first-order valence-corrected chi connectivity index (χ1v) is 7.99. The molecule has 114 valence electrons. The predicted octanol–water partition coefficient (Wildman–Crippen LogP) is 4.79. The highest BCUT2D eigenvalue weighted by Crippen LogP contribution is 2.30. The van der Waals surface area contributed by atoms with Crippen LogP contribution < -0.4 is 4.74 Å². The van der Waals surface area contributed by atoms with Gasteiger partial charge in [-0.15, -0.1) is 0 Å². The molecule has 4 nitrogen and oxygen atoms in total. The van der Waals surface area contributed by atoms with Crippen molar-refractivity contribution in [2.75, 3.05) is 6.61 Å². The Balaban J connectivity index is 2.12. The molecule has 2 heterocycles. The van der Waals surface area contributed by atoms with Crippen molar-refractivity contribution in [2.45, 2.75) is 6.92 Å². The Morgan fingerprint density at radius 1 is 1.43 bits per heavy atom. The summed E-state index contributed by atoms with van der Waals surface area (Å²) in [6.07, 6.45) is 5.33. The van der Waals surface area contributed by atoms with Crippen molar-refractivity contribution in [3.63, 3.8) is 0 Å². The second-order valence-electron chi connectivity index (χ2n) is 4.89. The van der Waals surface area contributed by atoms with Gasteiger partial charge < -0.3 is 9.72 Å². The van der Waals surface area contributed by atoms with Gasteiger partial charge in [-0.2, -0.15) is 5.26 Å². The molecular weight excluding hydrogens is 354 g/mol. The maximum absolute atomic E-state index is 9.60. The van der Waals surface area contributed by atoms with E-state index in [-0.39, 0.29) is 0 Å². The van der Waals surface area contributed by atoms with Gasteiger partial charge in [0.15, 0.2) is 0 Å². The molecule has 0 saturated carbocycles. The van der Waals surface area contributed by atoms with Gasteiger partial charge in [0, 0.05) is 38.9 Å². The van der Waals surface area contributed by atoms with Gasteiger partial charge in [0.25, 0.3) is 0 Å². The van der Waals surface area contributed by atoms with Crippen LogP contribution in [0.1, 0.15) is 18.1 Å². The van der Waals surface area contributed by atoms with Crippen molar-refractivity contribution in [2.24, 2.45) is 0 Å². The van der Waals surface area contributed by atoms with Crippen molar-refractivity contribution in [3.8, 4) is 11.9 Å². The number of nitrogens with one attached hydrogen (secondary N) is 1. The summed E-state index contributed by atoms with van der Waals surface area (Å²) in [7, 11) is 0. The van der Waals surface area contributed by atoms with Crippen molar-refractivity contribution >= 4 is 38.5 Å². The Morgan fingerprint density at radius 3 is 3.09 bits per heavy atom. The lowest BCUT2D eigenvalue weighted by molar-refractivity contribution is 0.326. The highest BCUT2D eigenvalue weighted by atomic mass is 79.9. The molecule has 0 radical (unpaired) electrons. The lowest BCUT2D eigenvalue weighted by Crippen LogP contribution is -1.96. The van der Waals surface area contributed by atoms with Crippen molar-refractivity contribution in [3.05, 3.63) is 58.3 Å². The minimum absolute atomic E-state index is 0.528. The molecule has 3 rings (SSSR count). The van der Waals surface area contributed by atoms with Gasteiger partial charge in [0.1, 0.15) is 0 Å². The highest BCUT2D eigenvalue weighted by molar-refractivity contribution is 9.10. The number of hydrogen-bond donors (Lipinski definition) is 1. The molecule has 5 heteroatoms. The first kappa shape index (κ1) is 15.3. The number of fused-ring (bicyclic) bond motifs is 1. The van der Waals surface area contributed by atoms with Gasteiger partial charge in [-0.25, -0.2) is 4.98 Å². The summed E-state index contributed by atoms with van der Waals surface area (Å²) < 4.78 is 6.50. The molecule has 1 N–H and O–H groups in total. The maximum atomic E-state index is 9.60. The van der Waals surface area contributed by atoms with E-state index < -0.39 is 0 Å². The van der Waals surface area contributed by atoms with Crippen LogP contribution in [0.4, 0.5) is 0 Å². The van der Waals surface area contributed by atoms with E-state index in [0.717, 1.165) is 26.5 Å².